The lowest BCUT2D eigenvalue weighted by Crippen LogP contribution is -2.17. The predicted octanol–water partition coefficient (Wildman–Crippen LogP) is 12.0. The number of fused-ring (bicyclic) bond motifs is 8. The van der Waals surface area contributed by atoms with Gasteiger partial charge in [0, 0.05) is 63.6 Å². The molecule has 5 aromatic carbocycles. The molecule has 2 N–H and O–H groups in total. The van der Waals surface area contributed by atoms with Crippen molar-refractivity contribution in [2.75, 3.05) is 5.32 Å². The first kappa shape index (κ1) is 32.3. The van der Waals surface area contributed by atoms with Crippen LogP contribution in [0.15, 0.2) is 158 Å². The minimum Gasteiger partial charge on any atom is -0.378 e. The lowest BCUT2D eigenvalue weighted by molar-refractivity contribution is 0.883. The molecule has 8 aromatic rings. The van der Waals surface area contributed by atoms with Crippen molar-refractivity contribution in [2.45, 2.75) is 45.1 Å². The van der Waals surface area contributed by atoms with Gasteiger partial charge >= 0.3 is 0 Å². The number of pyridine rings is 1. The number of aryl methyl sites for hydroxylation is 4. The third-order valence-corrected chi connectivity index (χ3v) is 11.5. The van der Waals surface area contributed by atoms with E-state index in [-0.39, 0.29) is 6.04 Å². The van der Waals surface area contributed by atoms with Gasteiger partial charge in [-0.3, -0.25) is 4.98 Å². The topological polar surface area (TPSA) is 45.6 Å². The van der Waals surface area contributed by atoms with Crippen LogP contribution in [0.1, 0.15) is 34.2 Å². The minimum absolute atomic E-state index is 0.261. The van der Waals surface area contributed by atoms with Crippen molar-refractivity contribution in [1.29, 1.82) is 0 Å². The first-order valence-electron chi connectivity index (χ1n) is 19.2. The van der Waals surface area contributed by atoms with E-state index >= 15 is 0 Å². The quantitative estimate of drug-likeness (QED) is 0.182. The number of nitrogens with zero attached hydrogens (tertiary/aromatic N) is 2. The van der Waals surface area contributed by atoms with E-state index in [1.807, 2.05) is 24.7 Å². The van der Waals surface area contributed by atoms with Crippen molar-refractivity contribution in [3.05, 3.63) is 186 Å². The highest BCUT2D eigenvalue weighted by atomic mass is 15.0. The fraction of sp³-hybridized carbons (Fsp3) is 0.140. The highest BCUT2D eigenvalue weighted by Gasteiger charge is 2.22. The van der Waals surface area contributed by atoms with Crippen molar-refractivity contribution >= 4 is 27.5 Å². The fourth-order valence-corrected chi connectivity index (χ4v) is 8.77. The van der Waals surface area contributed by atoms with Crippen LogP contribution < -0.4 is 5.32 Å². The van der Waals surface area contributed by atoms with Crippen molar-refractivity contribution in [2.24, 2.45) is 0 Å². The number of aromatic amines is 1. The Morgan fingerprint density at radius 2 is 1.57 bits per heavy atom. The fourth-order valence-electron chi connectivity index (χ4n) is 8.77. The third-order valence-electron chi connectivity index (χ3n) is 11.5. The third kappa shape index (κ3) is 5.85. The standard InChI is InChI=1S/C50H42N4/c1-33-36-18-16-34-26-35(28-40(27-34)44-30-37(39-10-8-24-51-32-39)19-22-48(44)53-41-11-4-2-5-12-41)17-21-43(33)50-46(29-36)45-31-38(47-15-9-25-52-47)20-23-49(45)54(50)42-13-6-3-7-14-42/h2-11,13-15,19-20,22-32,41,52-53H,12,16-18,21H2,1H3. The molecular formula is C50H42N4. The molecule has 0 aliphatic heterocycles. The molecule has 0 radical (unpaired) electrons. The Morgan fingerprint density at radius 3 is 2.37 bits per heavy atom. The monoisotopic (exact) mass is 698 g/mol. The summed E-state index contributed by atoms with van der Waals surface area (Å²) in [5.41, 5.74) is 19.2. The summed E-state index contributed by atoms with van der Waals surface area (Å²) in [6, 6.07) is 43.2. The summed E-state index contributed by atoms with van der Waals surface area (Å²) in [6.07, 6.45) is 19.5. The molecule has 0 amide bonds. The Hall–Kier alpha value is -6.39. The number of rotatable bonds is 6. The number of nitrogens with one attached hydrogen (secondary N) is 2. The maximum Gasteiger partial charge on any atom is 0.0576 e. The smallest absolute Gasteiger partial charge is 0.0576 e. The van der Waals surface area contributed by atoms with Crippen LogP contribution in [-0.2, 0) is 25.7 Å². The van der Waals surface area contributed by atoms with Gasteiger partial charge in [-0.15, -0.1) is 0 Å². The van der Waals surface area contributed by atoms with Crippen molar-refractivity contribution in [3.8, 4) is 39.2 Å². The van der Waals surface area contributed by atoms with Gasteiger partial charge < -0.3 is 14.9 Å². The number of para-hydroxylation sites is 1. The highest BCUT2D eigenvalue weighted by molar-refractivity contribution is 6.12. The van der Waals surface area contributed by atoms with Crippen molar-refractivity contribution in [1.82, 2.24) is 14.5 Å². The van der Waals surface area contributed by atoms with E-state index < -0.39 is 0 Å². The Bertz CT molecular complexity index is 2710. The number of allylic oxidation sites excluding steroid dienone is 2. The number of anilines is 1. The van der Waals surface area contributed by atoms with Crippen LogP contribution in [0.3, 0.4) is 0 Å². The molecule has 10 rings (SSSR count). The summed E-state index contributed by atoms with van der Waals surface area (Å²) in [5, 5.41) is 6.52. The molecule has 0 spiro atoms. The predicted molar refractivity (Wildman–Crippen MR) is 226 cm³/mol. The number of hydrogen-bond donors (Lipinski definition) is 2. The van der Waals surface area contributed by atoms with Crippen LogP contribution in [-0.4, -0.2) is 20.6 Å². The van der Waals surface area contributed by atoms with Gasteiger partial charge in [0.2, 0.25) is 0 Å². The summed E-state index contributed by atoms with van der Waals surface area (Å²) in [5.74, 6) is 0. The van der Waals surface area contributed by atoms with E-state index in [1.165, 1.54) is 77.6 Å². The average Bonchev–Trinajstić information content (AvgIpc) is 3.87. The summed E-state index contributed by atoms with van der Waals surface area (Å²) in [6.45, 7) is 2.36. The van der Waals surface area contributed by atoms with E-state index in [9.17, 15) is 0 Å². The van der Waals surface area contributed by atoms with Crippen molar-refractivity contribution in [3.63, 3.8) is 0 Å². The molecule has 4 heteroatoms. The molecule has 54 heavy (non-hydrogen) atoms. The molecule has 1 unspecified atom stereocenters. The first-order chi connectivity index (χ1) is 26.7. The Kier molecular flexibility index (Phi) is 8.10. The summed E-state index contributed by atoms with van der Waals surface area (Å²) in [4.78, 5) is 7.86. The van der Waals surface area contributed by atoms with Crippen LogP contribution in [0.25, 0.3) is 61.0 Å². The molecule has 3 aromatic heterocycles. The number of aromatic nitrogens is 3. The zero-order valence-corrected chi connectivity index (χ0v) is 30.5. The zero-order valence-electron chi connectivity index (χ0n) is 30.5. The maximum atomic E-state index is 4.43. The Balaban J connectivity index is 1.11. The zero-order chi connectivity index (χ0) is 36.0. The van der Waals surface area contributed by atoms with Gasteiger partial charge in [-0.05, 0) is 144 Å². The second-order valence-electron chi connectivity index (χ2n) is 14.9. The number of benzene rings is 5. The Labute approximate surface area is 316 Å². The molecule has 2 aliphatic rings. The average molecular weight is 699 g/mol. The molecular weight excluding hydrogens is 657 g/mol. The summed E-state index contributed by atoms with van der Waals surface area (Å²) in [7, 11) is 0. The molecule has 4 nitrogen and oxygen atoms in total. The van der Waals surface area contributed by atoms with Crippen LogP contribution in [0.4, 0.5) is 5.69 Å². The van der Waals surface area contributed by atoms with Gasteiger partial charge in [0.25, 0.3) is 0 Å². The van der Waals surface area contributed by atoms with Gasteiger partial charge in [-0.1, -0.05) is 78.9 Å². The van der Waals surface area contributed by atoms with Crippen molar-refractivity contribution < 1.29 is 0 Å². The van der Waals surface area contributed by atoms with Crippen LogP contribution in [0, 0.1) is 6.92 Å². The van der Waals surface area contributed by atoms with Crippen LogP contribution in [0.2, 0.25) is 0 Å². The number of hydrogen-bond acceptors (Lipinski definition) is 2. The van der Waals surface area contributed by atoms with Crippen LogP contribution in [0.5, 0.6) is 0 Å². The van der Waals surface area contributed by atoms with Gasteiger partial charge in [0.1, 0.15) is 0 Å². The van der Waals surface area contributed by atoms with Gasteiger partial charge in [-0.25, -0.2) is 0 Å². The second kappa shape index (κ2) is 13.5. The molecule has 3 heterocycles. The molecule has 262 valence electrons. The molecule has 2 aliphatic carbocycles. The normalized spacial score (nSPS) is 15.2. The largest absolute Gasteiger partial charge is 0.378 e. The van der Waals surface area contributed by atoms with Gasteiger partial charge in [0.05, 0.1) is 11.0 Å². The highest BCUT2D eigenvalue weighted by Crippen LogP contribution is 2.41. The molecule has 1 atom stereocenters. The van der Waals surface area contributed by atoms with Gasteiger partial charge in [-0.2, -0.15) is 0 Å². The molecule has 4 bridgehead atoms. The second-order valence-corrected chi connectivity index (χ2v) is 14.9. The van der Waals surface area contributed by atoms with Crippen LogP contribution >= 0.6 is 0 Å². The molecule has 0 fully saturated rings. The number of H-pyrrole nitrogens is 1. The van der Waals surface area contributed by atoms with Gasteiger partial charge in [0.15, 0.2) is 0 Å². The Morgan fingerprint density at radius 1 is 0.704 bits per heavy atom. The molecule has 0 saturated carbocycles. The SMILES string of the molecule is Cc1c2cc3c4cc(-c5ccc[nH]5)ccc4n(-c4ccccc4)c3c1CCc1cc(cc(-c3cc(-c4cccnc4)ccc3NC3C=CC=CC3)c1)CC2. The lowest BCUT2D eigenvalue weighted by Gasteiger charge is -2.22. The minimum atomic E-state index is 0.261. The van der Waals surface area contributed by atoms with E-state index in [0.29, 0.717) is 0 Å². The summed E-state index contributed by atoms with van der Waals surface area (Å²) >= 11 is 0. The van der Waals surface area contributed by atoms with E-state index in [0.717, 1.165) is 49.0 Å². The van der Waals surface area contributed by atoms with E-state index in [1.54, 1.807) is 0 Å². The van der Waals surface area contributed by atoms with E-state index in [2.05, 4.69) is 160 Å². The lowest BCUT2D eigenvalue weighted by atomic mass is 9.87. The maximum absolute atomic E-state index is 4.43. The first-order valence-corrected chi connectivity index (χ1v) is 19.2. The van der Waals surface area contributed by atoms with E-state index in [4.69, 9.17) is 0 Å². The molecule has 0 saturated heterocycles. The summed E-state index contributed by atoms with van der Waals surface area (Å²) < 4.78 is 2.51.